The van der Waals surface area contributed by atoms with E-state index in [0.717, 1.165) is 30.3 Å². The van der Waals surface area contributed by atoms with Crippen LogP contribution in [0.4, 0.5) is 0 Å². The molecule has 5 nitrogen and oxygen atoms in total. The van der Waals surface area contributed by atoms with E-state index in [1.807, 2.05) is 24.3 Å². The van der Waals surface area contributed by atoms with E-state index in [2.05, 4.69) is 10.3 Å². The van der Waals surface area contributed by atoms with Crippen LogP contribution in [-0.2, 0) is 0 Å². The van der Waals surface area contributed by atoms with Gasteiger partial charge in [0, 0.05) is 6.04 Å². The number of aliphatic imine (C=N–C) groups is 1. The summed E-state index contributed by atoms with van der Waals surface area (Å²) >= 11 is 0. The summed E-state index contributed by atoms with van der Waals surface area (Å²) in [7, 11) is 0. The summed E-state index contributed by atoms with van der Waals surface area (Å²) in [5, 5.41) is 3.36. The first kappa shape index (κ1) is 14.1. The van der Waals surface area contributed by atoms with Crippen LogP contribution in [0.2, 0.25) is 0 Å². The fourth-order valence-corrected chi connectivity index (χ4v) is 2.22. The second-order valence-electron chi connectivity index (χ2n) is 4.51. The fourth-order valence-electron chi connectivity index (χ4n) is 2.22. The lowest BCUT2D eigenvalue weighted by molar-refractivity contribution is 0.133. The lowest BCUT2D eigenvalue weighted by Crippen LogP contribution is -2.45. The summed E-state index contributed by atoms with van der Waals surface area (Å²) in [5.41, 5.74) is 5.55. The molecule has 0 saturated heterocycles. The van der Waals surface area contributed by atoms with Gasteiger partial charge in [-0.15, -0.1) is 17.0 Å². The molecule has 2 atom stereocenters. The number of hydrogen-bond acceptors (Lipinski definition) is 5. The van der Waals surface area contributed by atoms with Crippen LogP contribution in [0.5, 0.6) is 11.5 Å². The monoisotopic (exact) mass is 327 g/mol. The van der Waals surface area contributed by atoms with Gasteiger partial charge in [-0.3, -0.25) is 4.99 Å². The molecule has 1 aromatic rings. The molecular weight excluding hydrogens is 310 g/mol. The number of ether oxygens (including phenoxy) is 2. The molecule has 3 N–H and O–H groups in total. The minimum absolute atomic E-state index is 0. The van der Waals surface area contributed by atoms with E-state index in [4.69, 9.17) is 15.2 Å². The van der Waals surface area contributed by atoms with Crippen LogP contribution in [0.1, 0.15) is 6.42 Å². The van der Waals surface area contributed by atoms with Crippen LogP contribution in [0.15, 0.2) is 29.3 Å². The van der Waals surface area contributed by atoms with Gasteiger partial charge >= 0.3 is 0 Å². The fraction of sp³-hybridized carbons (Fsp3) is 0.462. The highest BCUT2D eigenvalue weighted by Gasteiger charge is 2.29. The molecule has 2 heterocycles. The van der Waals surface area contributed by atoms with Crippen LogP contribution in [0.25, 0.3) is 0 Å². The summed E-state index contributed by atoms with van der Waals surface area (Å²) < 4.78 is 11.6. The maximum absolute atomic E-state index is 5.89. The Hall–Kier alpha value is -1.27. The zero-order valence-electron chi connectivity index (χ0n) is 10.5. The average molecular weight is 328 g/mol. The molecule has 104 valence electrons. The zero-order valence-corrected chi connectivity index (χ0v) is 12.3. The number of nitrogens with zero attached hydrogens (tertiary/aromatic N) is 1. The number of benzene rings is 1. The predicted octanol–water partition coefficient (Wildman–Crippen LogP) is 1.12. The number of amidine groups is 1. The number of rotatable bonds is 3. The topological polar surface area (TPSA) is 68.9 Å². The number of halogens is 1. The lowest BCUT2D eigenvalue weighted by atomic mass is 10.2. The molecule has 0 spiro atoms. The number of hydrogen-bond donors (Lipinski definition) is 2. The highest BCUT2D eigenvalue weighted by molar-refractivity contribution is 8.93. The van der Waals surface area contributed by atoms with Crippen molar-refractivity contribution in [3.63, 3.8) is 0 Å². The second kappa shape index (κ2) is 6.25. The standard InChI is InChI=1S/C13H17N3O2.BrH/c14-6-5-9-7-15-13(16-9)12-8-17-10-3-1-2-4-11(10)18-12;/h1-4,9,12H,5-8,14H2,(H,15,16);1H/t9-,12?;/m0./s1. The van der Waals surface area contributed by atoms with Crippen LogP contribution in [0, 0.1) is 0 Å². The Morgan fingerprint density at radius 1 is 1.32 bits per heavy atom. The summed E-state index contributed by atoms with van der Waals surface area (Å²) in [6, 6.07) is 8.03. The Bertz CT molecular complexity index is 467. The second-order valence-corrected chi connectivity index (χ2v) is 4.51. The summed E-state index contributed by atoms with van der Waals surface area (Å²) in [4.78, 5) is 4.48. The van der Waals surface area contributed by atoms with E-state index in [-0.39, 0.29) is 23.1 Å². The highest BCUT2D eigenvalue weighted by atomic mass is 79.9. The van der Waals surface area contributed by atoms with Crippen molar-refractivity contribution in [1.82, 2.24) is 5.32 Å². The number of nitrogens with one attached hydrogen (secondary N) is 1. The van der Waals surface area contributed by atoms with Crippen LogP contribution in [-0.4, -0.2) is 37.7 Å². The Labute approximate surface area is 122 Å². The molecular formula is C13H18BrN3O2. The first-order valence-electron chi connectivity index (χ1n) is 6.26. The molecule has 0 radical (unpaired) electrons. The average Bonchev–Trinajstić information content (AvgIpc) is 2.87. The van der Waals surface area contributed by atoms with Crippen molar-refractivity contribution in [3.05, 3.63) is 24.3 Å². The van der Waals surface area contributed by atoms with Gasteiger partial charge in [0.25, 0.3) is 0 Å². The largest absolute Gasteiger partial charge is 0.485 e. The maximum Gasteiger partial charge on any atom is 0.189 e. The van der Waals surface area contributed by atoms with Crippen molar-refractivity contribution in [2.75, 3.05) is 19.7 Å². The third-order valence-electron chi connectivity index (χ3n) is 3.16. The molecule has 0 fully saturated rings. The maximum atomic E-state index is 5.89. The highest BCUT2D eigenvalue weighted by Crippen LogP contribution is 2.31. The van der Waals surface area contributed by atoms with Crippen LogP contribution < -0.4 is 20.5 Å². The molecule has 2 aliphatic heterocycles. The molecule has 1 unspecified atom stereocenters. The summed E-state index contributed by atoms with van der Waals surface area (Å²) in [5.74, 6) is 2.45. The minimum Gasteiger partial charge on any atom is -0.485 e. The molecule has 3 rings (SSSR count). The SMILES string of the molecule is Br.NCC[C@H]1CN=C(C2COc3ccccc3O2)N1. The number of nitrogens with two attached hydrogens (primary N) is 1. The first-order valence-corrected chi connectivity index (χ1v) is 6.26. The first-order chi connectivity index (χ1) is 8.86. The van der Waals surface area contributed by atoms with E-state index in [1.54, 1.807) is 0 Å². The van der Waals surface area contributed by atoms with Gasteiger partial charge in [-0.2, -0.15) is 0 Å². The Kier molecular flexibility index (Phi) is 4.66. The smallest absolute Gasteiger partial charge is 0.189 e. The quantitative estimate of drug-likeness (QED) is 0.873. The van der Waals surface area contributed by atoms with E-state index in [0.29, 0.717) is 19.2 Å². The number of fused-ring (bicyclic) bond motifs is 1. The van der Waals surface area contributed by atoms with Gasteiger partial charge in [0.15, 0.2) is 17.6 Å². The molecule has 6 heteroatoms. The Morgan fingerprint density at radius 2 is 2.11 bits per heavy atom. The van der Waals surface area contributed by atoms with Gasteiger partial charge in [0.05, 0.1) is 6.54 Å². The lowest BCUT2D eigenvalue weighted by Gasteiger charge is -2.27. The van der Waals surface area contributed by atoms with Crippen molar-refractivity contribution < 1.29 is 9.47 Å². The molecule has 0 aromatic heterocycles. The molecule has 19 heavy (non-hydrogen) atoms. The van der Waals surface area contributed by atoms with E-state index < -0.39 is 0 Å². The van der Waals surface area contributed by atoms with E-state index >= 15 is 0 Å². The normalized spacial score (nSPS) is 24.2. The summed E-state index contributed by atoms with van der Waals surface area (Å²) in [6.45, 7) is 1.94. The Balaban J connectivity index is 0.00000133. The van der Waals surface area contributed by atoms with Crippen LogP contribution >= 0.6 is 17.0 Å². The van der Waals surface area contributed by atoms with Gasteiger partial charge in [0.1, 0.15) is 12.4 Å². The van der Waals surface area contributed by atoms with Crippen molar-refractivity contribution in [2.45, 2.75) is 18.6 Å². The van der Waals surface area contributed by atoms with Crippen LogP contribution in [0.3, 0.4) is 0 Å². The summed E-state index contributed by atoms with van der Waals surface area (Å²) in [6.07, 6.45) is 0.791. The van der Waals surface area contributed by atoms with Gasteiger partial charge in [-0.1, -0.05) is 12.1 Å². The van der Waals surface area contributed by atoms with Crippen molar-refractivity contribution in [2.24, 2.45) is 10.7 Å². The Morgan fingerprint density at radius 3 is 2.89 bits per heavy atom. The molecule has 0 aliphatic carbocycles. The minimum atomic E-state index is -0.136. The van der Waals surface area contributed by atoms with Crippen molar-refractivity contribution >= 4 is 22.8 Å². The van der Waals surface area contributed by atoms with Gasteiger partial charge < -0.3 is 20.5 Å². The molecule has 2 aliphatic rings. The predicted molar refractivity (Wildman–Crippen MR) is 79.6 cm³/mol. The van der Waals surface area contributed by atoms with E-state index in [9.17, 15) is 0 Å². The van der Waals surface area contributed by atoms with Gasteiger partial charge in [-0.25, -0.2) is 0 Å². The zero-order chi connectivity index (χ0) is 12.4. The molecule has 0 amide bonds. The van der Waals surface area contributed by atoms with Crippen molar-refractivity contribution in [3.8, 4) is 11.5 Å². The van der Waals surface area contributed by atoms with Crippen molar-refractivity contribution in [1.29, 1.82) is 0 Å². The molecule has 1 aromatic carbocycles. The van der Waals surface area contributed by atoms with Gasteiger partial charge in [0.2, 0.25) is 0 Å². The third-order valence-corrected chi connectivity index (χ3v) is 3.16. The molecule has 0 saturated carbocycles. The number of para-hydroxylation sites is 2. The van der Waals surface area contributed by atoms with E-state index in [1.165, 1.54) is 0 Å². The van der Waals surface area contributed by atoms with Gasteiger partial charge in [-0.05, 0) is 25.1 Å². The third kappa shape index (κ3) is 3.01. The molecule has 0 bridgehead atoms.